The van der Waals surface area contributed by atoms with Crippen molar-refractivity contribution in [2.24, 2.45) is 17.8 Å². The molecule has 1 aliphatic rings. The van der Waals surface area contributed by atoms with Crippen LogP contribution in [-0.2, 0) is 6.42 Å². The molecule has 0 aliphatic carbocycles. The standard InChI is InChI=1S/C31H54O2/c1-23(2)13-10-14-24(3)15-11-16-25(4)17-12-19-31(9)20-18-27-22-28(32-30(6,7)8)21-26(5)29(27)33-31/h21-25H,10-20H2,1-9H3/t24-,25-,31-/m1/s1. The normalized spacial score (nSPS) is 20.3. The number of rotatable bonds is 13. The fraction of sp³-hybridized carbons (Fsp3) is 0.806. The Bertz CT molecular complexity index is 714. The van der Waals surface area contributed by atoms with Crippen LogP contribution in [0.15, 0.2) is 12.1 Å². The molecule has 0 spiro atoms. The Hall–Kier alpha value is -1.18. The Labute approximate surface area is 206 Å². The monoisotopic (exact) mass is 458 g/mol. The highest BCUT2D eigenvalue weighted by Gasteiger charge is 2.32. The Kier molecular flexibility index (Phi) is 10.6. The quantitative estimate of drug-likeness (QED) is 0.293. The van der Waals surface area contributed by atoms with Gasteiger partial charge in [0, 0.05) is 0 Å². The molecule has 0 bridgehead atoms. The van der Waals surface area contributed by atoms with Gasteiger partial charge in [0.1, 0.15) is 22.7 Å². The van der Waals surface area contributed by atoms with E-state index in [4.69, 9.17) is 9.47 Å². The van der Waals surface area contributed by atoms with Gasteiger partial charge in [-0.15, -0.1) is 0 Å². The second kappa shape index (κ2) is 12.5. The van der Waals surface area contributed by atoms with Crippen molar-refractivity contribution in [2.45, 2.75) is 144 Å². The van der Waals surface area contributed by atoms with Crippen LogP contribution in [0, 0.1) is 24.7 Å². The number of benzene rings is 1. The lowest BCUT2D eigenvalue weighted by Gasteiger charge is -2.37. The van der Waals surface area contributed by atoms with Crippen molar-refractivity contribution in [1.29, 1.82) is 0 Å². The molecule has 0 unspecified atom stereocenters. The first-order valence-electron chi connectivity index (χ1n) is 13.9. The molecule has 0 saturated carbocycles. The van der Waals surface area contributed by atoms with Crippen LogP contribution < -0.4 is 9.47 Å². The van der Waals surface area contributed by atoms with Gasteiger partial charge >= 0.3 is 0 Å². The highest BCUT2D eigenvalue weighted by Crippen LogP contribution is 2.41. The van der Waals surface area contributed by atoms with E-state index in [0.29, 0.717) is 0 Å². The van der Waals surface area contributed by atoms with E-state index in [9.17, 15) is 0 Å². The summed E-state index contributed by atoms with van der Waals surface area (Å²) in [5.74, 6) is 4.64. The van der Waals surface area contributed by atoms with Gasteiger partial charge in [-0.1, -0.05) is 72.6 Å². The molecule has 2 nitrogen and oxygen atoms in total. The molecule has 2 rings (SSSR count). The largest absolute Gasteiger partial charge is 0.488 e. The average Bonchev–Trinajstić information content (AvgIpc) is 2.67. The number of aryl methyl sites for hydroxylation is 2. The van der Waals surface area contributed by atoms with Gasteiger partial charge in [-0.3, -0.25) is 0 Å². The van der Waals surface area contributed by atoms with Crippen LogP contribution in [0.1, 0.15) is 131 Å². The molecule has 0 amide bonds. The first-order chi connectivity index (χ1) is 15.4. The molecule has 2 heteroatoms. The summed E-state index contributed by atoms with van der Waals surface area (Å²) >= 11 is 0. The smallest absolute Gasteiger partial charge is 0.126 e. The fourth-order valence-electron chi connectivity index (χ4n) is 5.23. The SMILES string of the molecule is Cc1cc(OC(C)(C)C)cc2c1O[C@](C)(CCC[C@H](C)CCC[C@H](C)CCCC(C)C)CC2. The minimum Gasteiger partial charge on any atom is -0.488 e. The van der Waals surface area contributed by atoms with Gasteiger partial charge in [-0.2, -0.15) is 0 Å². The third kappa shape index (κ3) is 10.3. The molecule has 1 heterocycles. The maximum Gasteiger partial charge on any atom is 0.126 e. The molecule has 1 aromatic carbocycles. The zero-order valence-corrected chi connectivity index (χ0v) is 23.5. The molecule has 190 valence electrons. The minimum atomic E-state index is -0.173. The molecule has 0 N–H and O–H groups in total. The molecule has 0 saturated heterocycles. The van der Waals surface area contributed by atoms with E-state index in [-0.39, 0.29) is 11.2 Å². The van der Waals surface area contributed by atoms with Gasteiger partial charge in [-0.05, 0) is 101 Å². The van der Waals surface area contributed by atoms with Crippen molar-refractivity contribution in [2.75, 3.05) is 0 Å². The second-order valence-corrected chi connectivity index (χ2v) is 12.9. The van der Waals surface area contributed by atoms with Crippen molar-refractivity contribution >= 4 is 0 Å². The number of hydrogen-bond donors (Lipinski definition) is 0. The Morgan fingerprint density at radius 1 is 0.909 bits per heavy atom. The summed E-state index contributed by atoms with van der Waals surface area (Å²) in [6.07, 6.45) is 14.3. The van der Waals surface area contributed by atoms with Crippen molar-refractivity contribution in [3.63, 3.8) is 0 Å². The zero-order valence-electron chi connectivity index (χ0n) is 23.5. The summed E-state index contributed by atoms with van der Waals surface area (Å²) in [4.78, 5) is 0. The average molecular weight is 459 g/mol. The van der Waals surface area contributed by atoms with E-state index in [1.807, 2.05) is 0 Å². The molecular weight excluding hydrogens is 404 g/mol. The Morgan fingerprint density at radius 3 is 2.06 bits per heavy atom. The van der Waals surface area contributed by atoms with Gasteiger partial charge in [0.05, 0.1) is 0 Å². The fourth-order valence-corrected chi connectivity index (χ4v) is 5.23. The third-order valence-corrected chi connectivity index (χ3v) is 7.30. The first kappa shape index (κ1) is 28.1. The zero-order chi connectivity index (χ0) is 24.6. The van der Waals surface area contributed by atoms with Crippen LogP contribution >= 0.6 is 0 Å². The van der Waals surface area contributed by atoms with E-state index < -0.39 is 0 Å². The van der Waals surface area contributed by atoms with E-state index in [1.165, 1.54) is 62.5 Å². The third-order valence-electron chi connectivity index (χ3n) is 7.30. The lowest BCUT2D eigenvalue weighted by atomic mass is 9.85. The predicted octanol–water partition coefficient (Wildman–Crippen LogP) is 9.70. The van der Waals surface area contributed by atoms with E-state index >= 15 is 0 Å². The van der Waals surface area contributed by atoms with Crippen molar-refractivity contribution in [1.82, 2.24) is 0 Å². The number of fused-ring (bicyclic) bond motifs is 1. The maximum atomic E-state index is 6.63. The number of ether oxygens (including phenoxy) is 2. The summed E-state index contributed by atoms with van der Waals surface area (Å²) in [6.45, 7) is 20.4. The summed E-state index contributed by atoms with van der Waals surface area (Å²) in [5, 5.41) is 0. The Balaban J connectivity index is 1.73. The topological polar surface area (TPSA) is 18.5 Å². The molecule has 0 fully saturated rings. The maximum absolute atomic E-state index is 6.63. The molecule has 1 aliphatic heterocycles. The van der Waals surface area contributed by atoms with E-state index in [2.05, 4.69) is 74.4 Å². The first-order valence-corrected chi connectivity index (χ1v) is 13.9. The lowest BCUT2D eigenvalue weighted by Crippen LogP contribution is -2.36. The molecule has 3 atom stereocenters. The van der Waals surface area contributed by atoms with Crippen LogP contribution in [0.5, 0.6) is 11.5 Å². The predicted molar refractivity (Wildman–Crippen MR) is 144 cm³/mol. The van der Waals surface area contributed by atoms with Crippen LogP contribution in [0.3, 0.4) is 0 Å². The van der Waals surface area contributed by atoms with Crippen molar-refractivity contribution in [3.8, 4) is 11.5 Å². The second-order valence-electron chi connectivity index (χ2n) is 12.9. The highest BCUT2D eigenvalue weighted by molar-refractivity contribution is 5.48. The Morgan fingerprint density at radius 2 is 1.48 bits per heavy atom. The minimum absolute atomic E-state index is 0.0329. The van der Waals surface area contributed by atoms with Gasteiger partial charge in [0.2, 0.25) is 0 Å². The molecular formula is C31H54O2. The lowest BCUT2D eigenvalue weighted by molar-refractivity contribution is 0.0510. The number of hydrogen-bond acceptors (Lipinski definition) is 2. The summed E-state index contributed by atoms with van der Waals surface area (Å²) in [7, 11) is 0. The summed E-state index contributed by atoms with van der Waals surface area (Å²) < 4.78 is 12.7. The van der Waals surface area contributed by atoms with Crippen LogP contribution in [-0.4, -0.2) is 11.2 Å². The van der Waals surface area contributed by atoms with Gasteiger partial charge in [-0.25, -0.2) is 0 Å². The highest BCUT2D eigenvalue weighted by atomic mass is 16.5. The van der Waals surface area contributed by atoms with Crippen molar-refractivity contribution in [3.05, 3.63) is 23.3 Å². The van der Waals surface area contributed by atoms with Gasteiger partial charge in [0.25, 0.3) is 0 Å². The van der Waals surface area contributed by atoms with Crippen LogP contribution in [0.4, 0.5) is 0 Å². The van der Waals surface area contributed by atoms with Gasteiger partial charge < -0.3 is 9.47 Å². The summed E-state index contributed by atoms with van der Waals surface area (Å²) in [6, 6.07) is 4.33. The van der Waals surface area contributed by atoms with E-state index in [1.54, 1.807) is 0 Å². The molecule has 33 heavy (non-hydrogen) atoms. The van der Waals surface area contributed by atoms with Crippen molar-refractivity contribution < 1.29 is 9.47 Å². The van der Waals surface area contributed by atoms with E-state index in [0.717, 1.165) is 48.5 Å². The van der Waals surface area contributed by atoms with Crippen LogP contribution in [0.25, 0.3) is 0 Å². The molecule has 1 aromatic rings. The van der Waals surface area contributed by atoms with Crippen LogP contribution in [0.2, 0.25) is 0 Å². The molecule has 0 radical (unpaired) electrons. The van der Waals surface area contributed by atoms with Gasteiger partial charge in [0.15, 0.2) is 0 Å². The molecule has 0 aromatic heterocycles. The summed E-state index contributed by atoms with van der Waals surface area (Å²) in [5.41, 5.74) is 2.30.